The highest BCUT2D eigenvalue weighted by molar-refractivity contribution is 5.49. The zero-order valence-electron chi connectivity index (χ0n) is 10.2. The zero-order valence-corrected chi connectivity index (χ0v) is 10.2. The number of methoxy groups -OCH3 is 1. The third-order valence-electron chi connectivity index (χ3n) is 3.20. The molecule has 4 nitrogen and oxygen atoms in total. The first kappa shape index (κ1) is 12.8. The number of ether oxygens (including phenoxy) is 2. The van der Waals surface area contributed by atoms with E-state index in [0.29, 0.717) is 31.0 Å². The number of nitrogens with one attached hydrogen (secondary N) is 1. The number of anilines is 1. The first-order valence-corrected chi connectivity index (χ1v) is 5.75. The second-order valence-corrected chi connectivity index (χ2v) is 4.35. The molecule has 18 heavy (non-hydrogen) atoms. The fraction of sp³-hybridized carbons (Fsp3) is 0.462. The number of hydrogen-bond donors (Lipinski definition) is 1. The van der Waals surface area contributed by atoms with Crippen molar-refractivity contribution in [2.24, 2.45) is 0 Å². The van der Waals surface area contributed by atoms with Crippen LogP contribution in [0.5, 0.6) is 0 Å². The molecule has 2 rings (SSSR count). The van der Waals surface area contributed by atoms with E-state index in [9.17, 15) is 4.39 Å². The van der Waals surface area contributed by atoms with Crippen LogP contribution < -0.4 is 5.32 Å². The standard InChI is InChI=1S/C13H15FN2O2/c1-17-13(4-5-18-9-13)8-16-12-3-2-10(7-15)6-11(12)14/h2-3,6,16H,4-5,8-9H2,1H3. The molecule has 0 amide bonds. The lowest BCUT2D eigenvalue weighted by atomic mass is 10.0. The molecular weight excluding hydrogens is 235 g/mol. The minimum atomic E-state index is -0.431. The first-order chi connectivity index (χ1) is 8.69. The fourth-order valence-electron chi connectivity index (χ4n) is 1.95. The molecule has 1 aliphatic rings. The predicted molar refractivity (Wildman–Crippen MR) is 64.8 cm³/mol. The molecule has 0 spiro atoms. The molecule has 0 saturated carbocycles. The first-order valence-electron chi connectivity index (χ1n) is 5.75. The lowest BCUT2D eigenvalue weighted by Crippen LogP contribution is -2.39. The SMILES string of the molecule is COC1(CNc2ccc(C#N)cc2F)CCOC1. The molecule has 1 heterocycles. The minimum absolute atomic E-state index is 0.309. The van der Waals surface area contributed by atoms with Gasteiger partial charge in [0.05, 0.1) is 23.9 Å². The number of benzene rings is 1. The maximum absolute atomic E-state index is 13.7. The van der Waals surface area contributed by atoms with Crippen molar-refractivity contribution >= 4 is 5.69 Å². The number of rotatable bonds is 4. The summed E-state index contributed by atoms with van der Waals surface area (Å²) in [6.45, 7) is 1.64. The van der Waals surface area contributed by atoms with Gasteiger partial charge >= 0.3 is 0 Å². The van der Waals surface area contributed by atoms with Gasteiger partial charge in [0.15, 0.2) is 0 Å². The van der Waals surface area contributed by atoms with Gasteiger partial charge in [-0.25, -0.2) is 4.39 Å². The summed E-state index contributed by atoms with van der Waals surface area (Å²) in [5.74, 6) is -0.431. The lowest BCUT2D eigenvalue weighted by molar-refractivity contribution is -0.00623. The van der Waals surface area contributed by atoms with E-state index < -0.39 is 5.82 Å². The second-order valence-electron chi connectivity index (χ2n) is 4.35. The van der Waals surface area contributed by atoms with E-state index in [1.54, 1.807) is 19.2 Å². The van der Waals surface area contributed by atoms with Gasteiger partial charge in [-0.3, -0.25) is 0 Å². The molecule has 5 heteroatoms. The van der Waals surface area contributed by atoms with Gasteiger partial charge in [0, 0.05) is 26.7 Å². The van der Waals surface area contributed by atoms with Gasteiger partial charge in [-0.1, -0.05) is 0 Å². The third kappa shape index (κ3) is 2.61. The van der Waals surface area contributed by atoms with Crippen LogP contribution in [-0.4, -0.2) is 32.5 Å². The van der Waals surface area contributed by atoms with Crippen molar-refractivity contribution < 1.29 is 13.9 Å². The molecule has 1 fully saturated rings. The van der Waals surface area contributed by atoms with Crippen LogP contribution in [0.3, 0.4) is 0 Å². The number of nitrogens with zero attached hydrogens (tertiary/aromatic N) is 1. The molecule has 96 valence electrons. The van der Waals surface area contributed by atoms with Gasteiger partial charge in [0.2, 0.25) is 0 Å². The Labute approximate surface area is 105 Å². The molecule has 0 aliphatic carbocycles. The van der Waals surface area contributed by atoms with Crippen molar-refractivity contribution in [2.45, 2.75) is 12.0 Å². The van der Waals surface area contributed by atoms with Gasteiger partial charge in [-0.2, -0.15) is 5.26 Å². The van der Waals surface area contributed by atoms with Crippen molar-refractivity contribution in [3.05, 3.63) is 29.6 Å². The highest BCUT2D eigenvalue weighted by atomic mass is 19.1. The van der Waals surface area contributed by atoms with E-state index in [-0.39, 0.29) is 5.60 Å². The Bertz CT molecular complexity index is 465. The van der Waals surface area contributed by atoms with Crippen molar-refractivity contribution in [1.29, 1.82) is 5.26 Å². The Morgan fingerprint density at radius 3 is 3.00 bits per heavy atom. The average Bonchev–Trinajstić information content (AvgIpc) is 2.86. The smallest absolute Gasteiger partial charge is 0.147 e. The van der Waals surface area contributed by atoms with Crippen molar-refractivity contribution in [3.63, 3.8) is 0 Å². The molecule has 1 aromatic carbocycles. The molecule has 0 bridgehead atoms. The maximum atomic E-state index is 13.7. The molecule has 1 N–H and O–H groups in total. The molecule has 1 atom stereocenters. The van der Waals surface area contributed by atoms with Gasteiger partial charge in [0.1, 0.15) is 11.4 Å². The van der Waals surface area contributed by atoms with Crippen LogP contribution >= 0.6 is 0 Å². The van der Waals surface area contributed by atoms with Crippen LogP contribution in [0.4, 0.5) is 10.1 Å². The summed E-state index contributed by atoms with van der Waals surface area (Å²) in [6, 6.07) is 6.26. The summed E-state index contributed by atoms with van der Waals surface area (Å²) in [7, 11) is 1.63. The maximum Gasteiger partial charge on any atom is 0.147 e. The van der Waals surface area contributed by atoms with Crippen molar-refractivity contribution in [3.8, 4) is 6.07 Å². The highest BCUT2D eigenvalue weighted by Gasteiger charge is 2.34. The highest BCUT2D eigenvalue weighted by Crippen LogP contribution is 2.24. The Morgan fingerprint density at radius 1 is 1.61 bits per heavy atom. The van der Waals surface area contributed by atoms with E-state index in [0.717, 1.165) is 6.42 Å². The van der Waals surface area contributed by atoms with Gasteiger partial charge < -0.3 is 14.8 Å². The molecule has 0 radical (unpaired) electrons. The van der Waals surface area contributed by atoms with Crippen LogP contribution in [0, 0.1) is 17.1 Å². The fourth-order valence-corrected chi connectivity index (χ4v) is 1.95. The predicted octanol–water partition coefficient (Wildman–Crippen LogP) is 1.91. The summed E-state index contributed by atoms with van der Waals surface area (Å²) < 4.78 is 24.4. The van der Waals surface area contributed by atoms with E-state index in [4.69, 9.17) is 14.7 Å². The Hall–Kier alpha value is -1.64. The van der Waals surface area contributed by atoms with Crippen molar-refractivity contribution in [2.75, 3.05) is 32.2 Å². The number of halogens is 1. The average molecular weight is 250 g/mol. The molecule has 1 unspecified atom stereocenters. The van der Waals surface area contributed by atoms with Crippen LogP contribution in [0.2, 0.25) is 0 Å². The second kappa shape index (κ2) is 5.34. The minimum Gasteiger partial charge on any atom is -0.380 e. The van der Waals surface area contributed by atoms with E-state index in [1.807, 2.05) is 6.07 Å². The van der Waals surface area contributed by atoms with Crippen molar-refractivity contribution in [1.82, 2.24) is 0 Å². The summed E-state index contributed by atoms with van der Waals surface area (Å²) in [6.07, 6.45) is 0.786. The van der Waals surface area contributed by atoms with Gasteiger partial charge in [-0.15, -0.1) is 0 Å². The summed E-state index contributed by atoms with van der Waals surface area (Å²) in [5.41, 5.74) is 0.293. The topological polar surface area (TPSA) is 54.3 Å². The molecule has 1 aromatic rings. The quantitative estimate of drug-likeness (QED) is 0.887. The van der Waals surface area contributed by atoms with Crippen LogP contribution in [0.15, 0.2) is 18.2 Å². The Kier molecular flexibility index (Phi) is 3.80. The Balaban J connectivity index is 2.04. The monoisotopic (exact) mass is 250 g/mol. The van der Waals surface area contributed by atoms with Crippen LogP contribution in [0.1, 0.15) is 12.0 Å². The van der Waals surface area contributed by atoms with E-state index >= 15 is 0 Å². The van der Waals surface area contributed by atoms with Gasteiger partial charge in [-0.05, 0) is 18.2 Å². The lowest BCUT2D eigenvalue weighted by Gasteiger charge is -2.26. The molecule has 1 aliphatic heterocycles. The van der Waals surface area contributed by atoms with E-state index in [2.05, 4.69) is 5.32 Å². The zero-order chi connectivity index (χ0) is 13.0. The summed E-state index contributed by atoms with van der Waals surface area (Å²) in [4.78, 5) is 0. The largest absolute Gasteiger partial charge is 0.380 e. The van der Waals surface area contributed by atoms with Gasteiger partial charge in [0.25, 0.3) is 0 Å². The third-order valence-corrected chi connectivity index (χ3v) is 3.20. The molecular formula is C13H15FN2O2. The normalized spacial score (nSPS) is 22.7. The van der Waals surface area contributed by atoms with Crippen LogP contribution in [-0.2, 0) is 9.47 Å². The number of hydrogen-bond acceptors (Lipinski definition) is 4. The molecule has 0 aromatic heterocycles. The summed E-state index contributed by atoms with van der Waals surface area (Å²) in [5, 5.41) is 11.7. The summed E-state index contributed by atoms with van der Waals surface area (Å²) >= 11 is 0. The van der Waals surface area contributed by atoms with E-state index in [1.165, 1.54) is 6.07 Å². The Morgan fingerprint density at radius 2 is 2.44 bits per heavy atom. The van der Waals surface area contributed by atoms with Crippen LogP contribution in [0.25, 0.3) is 0 Å². The molecule has 1 saturated heterocycles. The number of nitriles is 1.